The van der Waals surface area contributed by atoms with E-state index < -0.39 is 0 Å². The third-order valence-electron chi connectivity index (χ3n) is 2.89. The van der Waals surface area contributed by atoms with Crippen molar-refractivity contribution in [1.82, 2.24) is 15.5 Å². The van der Waals surface area contributed by atoms with Crippen LogP contribution in [0.15, 0.2) is 0 Å². The van der Waals surface area contributed by atoms with Crippen LogP contribution < -0.4 is 10.6 Å². The Morgan fingerprint density at radius 3 is 2.44 bits per heavy atom. The first-order valence-corrected chi connectivity index (χ1v) is 6.17. The minimum absolute atomic E-state index is 0.0810. The van der Waals surface area contributed by atoms with Gasteiger partial charge in [-0.05, 0) is 34.2 Å². The minimum Gasteiger partial charge on any atom is -0.354 e. The van der Waals surface area contributed by atoms with Gasteiger partial charge in [0.05, 0.1) is 6.54 Å². The fourth-order valence-electron chi connectivity index (χ4n) is 1.10. The number of rotatable bonds is 8. The van der Waals surface area contributed by atoms with Crippen LogP contribution in [0.5, 0.6) is 0 Å². The van der Waals surface area contributed by atoms with Gasteiger partial charge in [0.25, 0.3) is 0 Å². The van der Waals surface area contributed by atoms with Crippen molar-refractivity contribution in [3.8, 4) is 0 Å². The Bertz CT molecular complexity index is 195. The Morgan fingerprint density at radius 2 is 1.94 bits per heavy atom. The molecule has 0 saturated heterocycles. The molecule has 0 aliphatic carbocycles. The quantitative estimate of drug-likeness (QED) is 0.648. The number of hydrogen-bond acceptors (Lipinski definition) is 3. The van der Waals surface area contributed by atoms with E-state index in [2.05, 4.69) is 50.3 Å². The summed E-state index contributed by atoms with van der Waals surface area (Å²) < 4.78 is 0. The molecule has 0 aromatic carbocycles. The third-order valence-corrected chi connectivity index (χ3v) is 2.89. The molecule has 0 aliphatic rings. The largest absolute Gasteiger partial charge is 0.354 e. The third kappa shape index (κ3) is 7.65. The number of carbonyl (C=O) groups is 1. The van der Waals surface area contributed by atoms with Crippen LogP contribution in [-0.2, 0) is 4.79 Å². The zero-order valence-corrected chi connectivity index (χ0v) is 11.3. The average molecular weight is 229 g/mol. The number of carbonyl (C=O) groups excluding carboxylic acids is 1. The van der Waals surface area contributed by atoms with Gasteiger partial charge in [-0.2, -0.15) is 0 Å². The molecule has 1 unspecified atom stereocenters. The lowest BCUT2D eigenvalue weighted by atomic mass is 10.2. The van der Waals surface area contributed by atoms with Crippen molar-refractivity contribution < 1.29 is 4.79 Å². The van der Waals surface area contributed by atoms with Crippen molar-refractivity contribution in [2.75, 3.05) is 26.7 Å². The van der Waals surface area contributed by atoms with Crippen LogP contribution in [0, 0.1) is 0 Å². The molecule has 0 rings (SSSR count). The van der Waals surface area contributed by atoms with Crippen molar-refractivity contribution in [3.05, 3.63) is 0 Å². The molecule has 1 atom stereocenters. The maximum Gasteiger partial charge on any atom is 0.234 e. The normalized spacial score (nSPS) is 13.2. The summed E-state index contributed by atoms with van der Waals surface area (Å²) in [5, 5.41) is 6.07. The molecule has 4 nitrogen and oxygen atoms in total. The molecule has 2 N–H and O–H groups in total. The van der Waals surface area contributed by atoms with Crippen molar-refractivity contribution in [3.63, 3.8) is 0 Å². The van der Waals surface area contributed by atoms with Gasteiger partial charge in [-0.15, -0.1) is 0 Å². The summed E-state index contributed by atoms with van der Waals surface area (Å²) in [7, 11) is 2.06. The van der Waals surface area contributed by atoms with E-state index in [9.17, 15) is 4.79 Å². The lowest BCUT2D eigenvalue weighted by Gasteiger charge is -2.21. The molecule has 0 aromatic rings. The number of hydrogen-bond donors (Lipinski definition) is 2. The Balaban J connectivity index is 3.51. The first kappa shape index (κ1) is 15.4. The zero-order chi connectivity index (χ0) is 12.6. The van der Waals surface area contributed by atoms with Crippen molar-refractivity contribution in [1.29, 1.82) is 0 Å². The number of nitrogens with one attached hydrogen (secondary N) is 2. The van der Waals surface area contributed by atoms with E-state index in [4.69, 9.17) is 0 Å². The van der Waals surface area contributed by atoms with Crippen LogP contribution in [0.25, 0.3) is 0 Å². The highest BCUT2D eigenvalue weighted by atomic mass is 16.1. The molecule has 0 fully saturated rings. The highest BCUT2D eigenvalue weighted by Gasteiger charge is 2.05. The molecule has 0 aliphatic heterocycles. The molecular weight excluding hydrogens is 202 g/mol. The summed E-state index contributed by atoms with van der Waals surface area (Å²) in [4.78, 5) is 13.6. The first-order chi connectivity index (χ1) is 7.47. The molecule has 16 heavy (non-hydrogen) atoms. The van der Waals surface area contributed by atoms with Gasteiger partial charge in [0, 0.05) is 25.2 Å². The molecule has 0 radical (unpaired) electrons. The molecule has 0 aromatic heterocycles. The van der Waals surface area contributed by atoms with Gasteiger partial charge in [0.1, 0.15) is 0 Å². The Hall–Kier alpha value is -0.610. The fourth-order valence-corrected chi connectivity index (χ4v) is 1.10. The van der Waals surface area contributed by atoms with E-state index in [0.717, 1.165) is 19.5 Å². The zero-order valence-electron chi connectivity index (χ0n) is 11.3. The highest BCUT2D eigenvalue weighted by Crippen LogP contribution is 1.90. The summed E-state index contributed by atoms with van der Waals surface area (Å²) in [6, 6.07) is 0.930. The van der Waals surface area contributed by atoms with Gasteiger partial charge >= 0.3 is 0 Å². The standard InChI is InChI=1S/C12H27N3O/c1-6-11(4)14-9-12(16)13-7-8-15(5)10(2)3/h10-11,14H,6-9H2,1-5H3,(H,13,16). The second-order valence-electron chi connectivity index (χ2n) is 4.61. The fraction of sp³-hybridized carbons (Fsp3) is 0.917. The van der Waals surface area contributed by atoms with Crippen LogP contribution in [-0.4, -0.2) is 49.6 Å². The second kappa shape index (κ2) is 8.53. The Kier molecular flexibility index (Phi) is 8.21. The number of amides is 1. The summed E-state index contributed by atoms with van der Waals surface area (Å²) in [5.41, 5.74) is 0. The SMILES string of the molecule is CCC(C)NCC(=O)NCCN(C)C(C)C. The monoisotopic (exact) mass is 229 g/mol. The highest BCUT2D eigenvalue weighted by molar-refractivity contribution is 5.77. The summed E-state index contributed by atoms with van der Waals surface area (Å²) in [6.07, 6.45) is 1.05. The maximum atomic E-state index is 11.4. The van der Waals surface area contributed by atoms with Gasteiger partial charge in [-0.1, -0.05) is 6.92 Å². The van der Waals surface area contributed by atoms with Crippen molar-refractivity contribution in [2.24, 2.45) is 0 Å². The van der Waals surface area contributed by atoms with Gasteiger partial charge in [0.15, 0.2) is 0 Å². The summed E-state index contributed by atoms with van der Waals surface area (Å²) in [5.74, 6) is 0.0810. The molecule has 0 spiro atoms. The summed E-state index contributed by atoms with van der Waals surface area (Å²) in [6.45, 7) is 10.5. The van der Waals surface area contributed by atoms with Crippen molar-refractivity contribution in [2.45, 2.75) is 46.2 Å². The predicted molar refractivity (Wildman–Crippen MR) is 68.5 cm³/mol. The van der Waals surface area contributed by atoms with Gasteiger partial charge in [-0.25, -0.2) is 0 Å². The topological polar surface area (TPSA) is 44.4 Å². The lowest BCUT2D eigenvalue weighted by molar-refractivity contribution is -0.120. The molecule has 96 valence electrons. The average Bonchev–Trinajstić information content (AvgIpc) is 2.25. The Labute approximate surface area is 99.8 Å². The van der Waals surface area contributed by atoms with Crippen LogP contribution in [0.2, 0.25) is 0 Å². The molecule has 1 amide bonds. The smallest absolute Gasteiger partial charge is 0.234 e. The number of nitrogens with zero attached hydrogens (tertiary/aromatic N) is 1. The van der Waals surface area contributed by atoms with E-state index in [-0.39, 0.29) is 5.91 Å². The second-order valence-corrected chi connectivity index (χ2v) is 4.61. The van der Waals surface area contributed by atoms with Gasteiger partial charge in [-0.3, -0.25) is 4.79 Å². The van der Waals surface area contributed by atoms with Crippen LogP contribution in [0.1, 0.15) is 34.1 Å². The van der Waals surface area contributed by atoms with Gasteiger partial charge in [0.2, 0.25) is 5.91 Å². The molecule has 0 heterocycles. The lowest BCUT2D eigenvalue weighted by Crippen LogP contribution is -2.41. The first-order valence-electron chi connectivity index (χ1n) is 6.17. The molecule has 4 heteroatoms. The van der Waals surface area contributed by atoms with E-state index in [0.29, 0.717) is 18.6 Å². The maximum absolute atomic E-state index is 11.4. The predicted octanol–water partition coefficient (Wildman–Crippen LogP) is 0.831. The summed E-state index contributed by atoms with van der Waals surface area (Å²) >= 11 is 0. The van der Waals surface area contributed by atoms with E-state index in [1.807, 2.05) is 0 Å². The minimum atomic E-state index is 0.0810. The van der Waals surface area contributed by atoms with E-state index in [1.54, 1.807) is 0 Å². The molecular formula is C12H27N3O. The van der Waals surface area contributed by atoms with Crippen LogP contribution >= 0.6 is 0 Å². The molecule has 0 saturated carbocycles. The van der Waals surface area contributed by atoms with Crippen LogP contribution in [0.3, 0.4) is 0 Å². The van der Waals surface area contributed by atoms with Gasteiger partial charge < -0.3 is 15.5 Å². The van der Waals surface area contributed by atoms with Crippen molar-refractivity contribution >= 4 is 5.91 Å². The number of likely N-dealkylation sites (N-methyl/N-ethyl adjacent to an activating group) is 1. The van der Waals surface area contributed by atoms with E-state index >= 15 is 0 Å². The van der Waals surface area contributed by atoms with Crippen LogP contribution in [0.4, 0.5) is 0 Å². The molecule has 0 bridgehead atoms. The Morgan fingerprint density at radius 1 is 1.31 bits per heavy atom. The van der Waals surface area contributed by atoms with E-state index in [1.165, 1.54) is 0 Å².